The number of ether oxygens (including phenoxy) is 2. The molecular formula is C18H36N2O4S2. The molecule has 0 radical (unpaired) electrons. The third-order valence-corrected chi connectivity index (χ3v) is 6.29. The predicted molar refractivity (Wildman–Crippen MR) is 112 cm³/mol. The molecule has 0 bridgehead atoms. The van der Waals surface area contributed by atoms with Gasteiger partial charge in [0.15, 0.2) is 0 Å². The Morgan fingerprint density at radius 1 is 0.769 bits per heavy atom. The molecule has 0 rings (SSSR count). The van der Waals surface area contributed by atoms with Gasteiger partial charge in [-0.05, 0) is 25.9 Å². The molecule has 26 heavy (non-hydrogen) atoms. The lowest BCUT2D eigenvalue weighted by atomic mass is 10.2. The van der Waals surface area contributed by atoms with Crippen LogP contribution >= 0.6 is 21.6 Å². The van der Waals surface area contributed by atoms with Crippen molar-refractivity contribution in [2.45, 2.75) is 64.5 Å². The van der Waals surface area contributed by atoms with Crippen LogP contribution in [0.5, 0.6) is 0 Å². The molecule has 0 saturated heterocycles. The van der Waals surface area contributed by atoms with E-state index in [1.54, 1.807) is 21.6 Å². The highest BCUT2D eigenvalue weighted by atomic mass is 33.1. The summed E-state index contributed by atoms with van der Waals surface area (Å²) in [6.45, 7) is 5.92. The number of methoxy groups -OCH3 is 2. The minimum Gasteiger partial charge on any atom is -0.468 e. The molecule has 0 heterocycles. The molecule has 0 aromatic rings. The number of hydrogen-bond donors (Lipinski definition) is 2. The van der Waals surface area contributed by atoms with E-state index in [4.69, 9.17) is 9.47 Å². The van der Waals surface area contributed by atoms with Gasteiger partial charge in [-0.1, -0.05) is 61.1 Å². The Morgan fingerprint density at radius 2 is 1.15 bits per heavy atom. The van der Waals surface area contributed by atoms with Crippen molar-refractivity contribution < 1.29 is 19.1 Å². The van der Waals surface area contributed by atoms with Gasteiger partial charge in [0, 0.05) is 11.5 Å². The molecule has 0 aromatic carbocycles. The van der Waals surface area contributed by atoms with Gasteiger partial charge in [-0.3, -0.25) is 9.59 Å². The zero-order chi connectivity index (χ0) is 19.6. The Labute approximate surface area is 166 Å². The van der Waals surface area contributed by atoms with Gasteiger partial charge in [-0.25, -0.2) is 0 Å². The smallest absolute Gasteiger partial charge is 0.323 e. The number of carbonyl (C=O) groups excluding carboxylic acids is 2. The van der Waals surface area contributed by atoms with Gasteiger partial charge in [0.2, 0.25) is 0 Å². The van der Waals surface area contributed by atoms with Crippen LogP contribution in [-0.2, 0) is 19.1 Å². The fourth-order valence-corrected chi connectivity index (χ4v) is 4.61. The van der Waals surface area contributed by atoms with Gasteiger partial charge in [-0.15, -0.1) is 0 Å². The Hall–Kier alpha value is -0.440. The SMILES string of the molecule is CCCCCN[C@@H](CSSC[C@H](NCCCCC)C(=O)OC)C(=O)OC. The van der Waals surface area contributed by atoms with E-state index in [2.05, 4.69) is 24.5 Å². The number of rotatable bonds is 17. The summed E-state index contributed by atoms with van der Waals surface area (Å²) >= 11 is 0. The van der Waals surface area contributed by atoms with Crippen molar-refractivity contribution in [1.29, 1.82) is 0 Å². The number of hydrogen-bond acceptors (Lipinski definition) is 8. The molecule has 0 aliphatic carbocycles. The van der Waals surface area contributed by atoms with E-state index in [1.807, 2.05) is 0 Å². The first-order valence-corrected chi connectivity index (χ1v) is 12.0. The van der Waals surface area contributed by atoms with Crippen LogP contribution in [0.1, 0.15) is 52.4 Å². The summed E-state index contributed by atoms with van der Waals surface area (Å²) in [6, 6.07) is -0.633. The van der Waals surface area contributed by atoms with E-state index >= 15 is 0 Å². The second kappa shape index (κ2) is 17.9. The lowest BCUT2D eigenvalue weighted by Crippen LogP contribution is -2.41. The van der Waals surface area contributed by atoms with E-state index < -0.39 is 0 Å². The zero-order valence-electron chi connectivity index (χ0n) is 16.7. The van der Waals surface area contributed by atoms with Crippen molar-refractivity contribution in [3.05, 3.63) is 0 Å². The van der Waals surface area contributed by atoms with Crippen LogP contribution in [0.2, 0.25) is 0 Å². The van der Waals surface area contributed by atoms with E-state index in [1.165, 1.54) is 14.2 Å². The van der Waals surface area contributed by atoms with E-state index in [-0.39, 0.29) is 24.0 Å². The van der Waals surface area contributed by atoms with Gasteiger partial charge < -0.3 is 20.1 Å². The maximum Gasteiger partial charge on any atom is 0.323 e. The van der Waals surface area contributed by atoms with Gasteiger partial charge >= 0.3 is 11.9 Å². The molecule has 2 atom stereocenters. The molecule has 154 valence electrons. The van der Waals surface area contributed by atoms with Crippen molar-refractivity contribution in [3.8, 4) is 0 Å². The quantitative estimate of drug-likeness (QED) is 0.216. The highest BCUT2D eigenvalue weighted by molar-refractivity contribution is 8.76. The first-order chi connectivity index (χ1) is 12.6. The van der Waals surface area contributed by atoms with Crippen LogP contribution in [0.3, 0.4) is 0 Å². The fourth-order valence-electron chi connectivity index (χ4n) is 2.24. The third-order valence-electron chi connectivity index (χ3n) is 3.87. The van der Waals surface area contributed by atoms with Crippen molar-refractivity contribution in [2.75, 3.05) is 38.8 Å². The van der Waals surface area contributed by atoms with Gasteiger partial charge in [0.25, 0.3) is 0 Å². The van der Waals surface area contributed by atoms with Crippen molar-refractivity contribution in [3.63, 3.8) is 0 Å². The standard InChI is InChI=1S/C18H36N2O4S2/c1-5-7-9-11-19-15(17(21)23-3)13-25-26-14-16(18(22)24-4)20-12-10-8-6-2/h15-16,19-20H,5-14H2,1-4H3/t15-,16-/m0/s1. The molecule has 0 amide bonds. The summed E-state index contributed by atoms with van der Waals surface area (Å²) in [4.78, 5) is 23.7. The summed E-state index contributed by atoms with van der Waals surface area (Å²) in [7, 11) is 5.97. The third kappa shape index (κ3) is 12.8. The molecule has 6 nitrogen and oxygen atoms in total. The summed E-state index contributed by atoms with van der Waals surface area (Å²) in [5.74, 6) is 0.731. The molecule has 0 spiro atoms. The maximum absolute atomic E-state index is 11.9. The highest BCUT2D eigenvalue weighted by Gasteiger charge is 2.21. The van der Waals surface area contributed by atoms with E-state index in [9.17, 15) is 9.59 Å². The molecule has 2 N–H and O–H groups in total. The second-order valence-electron chi connectivity index (χ2n) is 6.04. The Kier molecular flexibility index (Phi) is 17.6. The topological polar surface area (TPSA) is 76.7 Å². The van der Waals surface area contributed by atoms with Crippen LogP contribution in [0.4, 0.5) is 0 Å². The molecule has 0 unspecified atom stereocenters. The Morgan fingerprint density at radius 3 is 1.46 bits per heavy atom. The summed E-state index contributed by atoms with van der Waals surface area (Å²) in [5.41, 5.74) is 0. The largest absolute Gasteiger partial charge is 0.468 e. The second-order valence-corrected chi connectivity index (χ2v) is 8.60. The minimum atomic E-state index is -0.316. The van der Waals surface area contributed by atoms with Gasteiger partial charge in [0.05, 0.1) is 14.2 Å². The monoisotopic (exact) mass is 408 g/mol. The average Bonchev–Trinajstić information content (AvgIpc) is 2.66. The summed E-state index contributed by atoms with van der Waals surface area (Å²) in [6.07, 6.45) is 6.69. The highest BCUT2D eigenvalue weighted by Crippen LogP contribution is 2.23. The van der Waals surface area contributed by atoms with Crippen LogP contribution in [0.15, 0.2) is 0 Å². The Bertz CT molecular complexity index is 339. The molecule has 0 aliphatic heterocycles. The maximum atomic E-state index is 11.9. The van der Waals surface area contributed by atoms with Crippen LogP contribution in [0, 0.1) is 0 Å². The van der Waals surface area contributed by atoms with Crippen molar-refractivity contribution >= 4 is 33.5 Å². The lowest BCUT2D eigenvalue weighted by Gasteiger charge is -2.18. The van der Waals surface area contributed by atoms with Crippen LogP contribution in [-0.4, -0.2) is 62.8 Å². The summed E-state index contributed by atoms with van der Waals surface area (Å²) in [5, 5.41) is 6.52. The van der Waals surface area contributed by atoms with Gasteiger partial charge in [0.1, 0.15) is 12.1 Å². The van der Waals surface area contributed by atoms with E-state index in [0.717, 1.165) is 51.6 Å². The first-order valence-electron chi connectivity index (χ1n) is 9.47. The minimum absolute atomic E-state index is 0.239. The fraction of sp³-hybridized carbons (Fsp3) is 0.889. The average molecular weight is 409 g/mol. The van der Waals surface area contributed by atoms with Crippen molar-refractivity contribution in [1.82, 2.24) is 10.6 Å². The van der Waals surface area contributed by atoms with Crippen molar-refractivity contribution in [2.24, 2.45) is 0 Å². The van der Waals surface area contributed by atoms with E-state index in [0.29, 0.717) is 11.5 Å². The van der Waals surface area contributed by atoms with Gasteiger partial charge in [-0.2, -0.15) is 0 Å². The number of unbranched alkanes of at least 4 members (excludes halogenated alkanes) is 4. The Balaban J connectivity index is 4.20. The number of esters is 2. The predicted octanol–water partition coefficient (Wildman–Crippen LogP) is 3.01. The first kappa shape index (κ1) is 25.6. The summed E-state index contributed by atoms with van der Waals surface area (Å²) < 4.78 is 9.74. The normalized spacial score (nSPS) is 13.2. The molecule has 0 aliphatic rings. The molecular weight excluding hydrogens is 372 g/mol. The number of carbonyl (C=O) groups is 2. The molecule has 0 fully saturated rings. The van der Waals surface area contributed by atoms with Crippen LogP contribution in [0.25, 0.3) is 0 Å². The molecule has 0 aromatic heterocycles. The lowest BCUT2D eigenvalue weighted by molar-refractivity contribution is -0.143. The number of nitrogens with one attached hydrogen (secondary N) is 2. The van der Waals surface area contributed by atoms with Crippen LogP contribution < -0.4 is 10.6 Å². The molecule has 0 saturated carbocycles. The zero-order valence-corrected chi connectivity index (χ0v) is 18.3. The molecule has 8 heteroatoms.